The van der Waals surface area contributed by atoms with Crippen molar-refractivity contribution in [3.05, 3.63) is 63.7 Å². The Labute approximate surface area is 134 Å². The lowest BCUT2D eigenvalue weighted by molar-refractivity contribution is 0.305. The van der Waals surface area contributed by atoms with Crippen LogP contribution in [0.25, 0.3) is 0 Å². The molecule has 0 saturated heterocycles. The molecule has 20 heavy (non-hydrogen) atoms. The van der Waals surface area contributed by atoms with E-state index in [0.29, 0.717) is 6.04 Å². The summed E-state index contributed by atoms with van der Waals surface area (Å²) >= 11 is 2.33. The van der Waals surface area contributed by atoms with Crippen molar-refractivity contribution >= 4 is 22.6 Å². The number of benzene rings is 2. The smallest absolute Gasteiger partial charge is 0.119 e. The van der Waals surface area contributed by atoms with Crippen LogP contribution in [0.4, 0.5) is 0 Å². The monoisotopic (exact) mass is 381 g/mol. The molecule has 2 aromatic carbocycles. The molecule has 2 aromatic rings. The molecule has 0 aromatic heterocycles. The zero-order valence-corrected chi connectivity index (χ0v) is 13.8. The molecule has 3 heteroatoms. The van der Waals surface area contributed by atoms with Gasteiger partial charge in [0.15, 0.2) is 0 Å². The van der Waals surface area contributed by atoms with Gasteiger partial charge in [-0.3, -0.25) is 0 Å². The molecule has 0 spiro atoms. The molecule has 0 aliphatic rings. The molecule has 0 amide bonds. The first-order chi connectivity index (χ1) is 9.75. The summed E-state index contributed by atoms with van der Waals surface area (Å²) in [4.78, 5) is 0. The molecule has 0 aliphatic heterocycles. The fraction of sp³-hybridized carbons (Fsp3) is 0.294. The van der Waals surface area contributed by atoms with Crippen molar-refractivity contribution in [3.63, 3.8) is 0 Å². The Hall–Kier alpha value is -1.07. The van der Waals surface area contributed by atoms with Gasteiger partial charge in [-0.15, -0.1) is 0 Å². The predicted octanol–water partition coefficient (Wildman–Crippen LogP) is 4.41. The van der Waals surface area contributed by atoms with E-state index in [1.807, 2.05) is 30.3 Å². The first kappa shape index (κ1) is 15.3. The lowest BCUT2D eigenvalue weighted by Gasteiger charge is -2.14. The van der Waals surface area contributed by atoms with E-state index in [4.69, 9.17) is 4.74 Å². The summed E-state index contributed by atoms with van der Waals surface area (Å²) in [6.45, 7) is 3.90. The first-order valence-corrected chi connectivity index (χ1v) is 8.00. The second-order valence-corrected chi connectivity index (χ2v) is 5.99. The van der Waals surface area contributed by atoms with Crippen LogP contribution >= 0.6 is 22.6 Å². The van der Waals surface area contributed by atoms with Gasteiger partial charge in [0.05, 0.1) is 6.61 Å². The van der Waals surface area contributed by atoms with E-state index in [0.717, 1.165) is 25.3 Å². The third kappa shape index (κ3) is 5.13. The molecule has 2 nitrogen and oxygen atoms in total. The Bertz CT molecular complexity index is 498. The second kappa shape index (κ2) is 8.27. The number of hydrogen-bond acceptors (Lipinski definition) is 2. The van der Waals surface area contributed by atoms with E-state index in [2.05, 4.69) is 59.1 Å². The minimum absolute atomic E-state index is 0.378. The molecular weight excluding hydrogens is 361 g/mol. The van der Waals surface area contributed by atoms with E-state index < -0.39 is 0 Å². The zero-order chi connectivity index (χ0) is 14.2. The van der Waals surface area contributed by atoms with Gasteiger partial charge in [-0.2, -0.15) is 0 Å². The molecule has 0 saturated carbocycles. The average Bonchev–Trinajstić information content (AvgIpc) is 2.48. The maximum atomic E-state index is 5.67. The highest BCUT2D eigenvalue weighted by atomic mass is 127. The number of halogens is 1. The lowest BCUT2D eigenvalue weighted by Crippen LogP contribution is -2.21. The van der Waals surface area contributed by atoms with Gasteiger partial charge >= 0.3 is 0 Å². The molecule has 1 unspecified atom stereocenters. The first-order valence-electron chi connectivity index (χ1n) is 6.92. The molecular formula is C17H20INO. The molecule has 2 rings (SSSR count). The number of hydrogen-bond donors (Lipinski definition) is 1. The van der Waals surface area contributed by atoms with Crippen LogP contribution in [0.5, 0.6) is 5.75 Å². The van der Waals surface area contributed by atoms with E-state index in [-0.39, 0.29) is 0 Å². The van der Waals surface area contributed by atoms with E-state index in [1.165, 1.54) is 9.13 Å². The van der Waals surface area contributed by atoms with Gasteiger partial charge in [0.25, 0.3) is 0 Å². The number of para-hydroxylation sites is 1. The molecule has 0 bridgehead atoms. The quantitative estimate of drug-likeness (QED) is 0.567. The van der Waals surface area contributed by atoms with Crippen molar-refractivity contribution in [2.24, 2.45) is 0 Å². The van der Waals surface area contributed by atoms with Crippen molar-refractivity contribution in [2.45, 2.75) is 19.4 Å². The second-order valence-electron chi connectivity index (χ2n) is 4.74. The highest BCUT2D eigenvalue weighted by molar-refractivity contribution is 14.1. The fourth-order valence-corrected chi connectivity index (χ4v) is 2.33. The van der Waals surface area contributed by atoms with Gasteiger partial charge in [0.1, 0.15) is 5.75 Å². The third-order valence-corrected chi connectivity index (χ3v) is 3.87. The minimum atomic E-state index is 0.378. The normalized spacial score (nSPS) is 12.1. The third-order valence-electron chi connectivity index (χ3n) is 3.15. The topological polar surface area (TPSA) is 21.3 Å². The Balaban J connectivity index is 1.64. The summed E-state index contributed by atoms with van der Waals surface area (Å²) in [7, 11) is 0. The molecule has 1 N–H and O–H groups in total. The SMILES string of the molecule is CC(NCCCOc1ccccc1)c1ccc(I)cc1. The highest BCUT2D eigenvalue weighted by Gasteiger charge is 2.03. The number of nitrogens with one attached hydrogen (secondary N) is 1. The summed E-state index contributed by atoms with van der Waals surface area (Å²) < 4.78 is 6.94. The van der Waals surface area contributed by atoms with Crippen molar-refractivity contribution in [1.82, 2.24) is 5.32 Å². The number of rotatable bonds is 7. The molecule has 0 fully saturated rings. The predicted molar refractivity (Wildman–Crippen MR) is 92.1 cm³/mol. The van der Waals surface area contributed by atoms with Crippen LogP contribution in [0.2, 0.25) is 0 Å². The Kier molecular flexibility index (Phi) is 6.33. The van der Waals surface area contributed by atoms with Crippen LogP contribution in [0.3, 0.4) is 0 Å². The van der Waals surface area contributed by atoms with Gasteiger partial charge in [0.2, 0.25) is 0 Å². The molecule has 106 valence electrons. The van der Waals surface area contributed by atoms with Gasteiger partial charge in [-0.05, 0) is 72.3 Å². The van der Waals surface area contributed by atoms with E-state index in [9.17, 15) is 0 Å². The lowest BCUT2D eigenvalue weighted by atomic mass is 10.1. The molecule has 1 atom stereocenters. The summed E-state index contributed by atoms with van der Waals surface area (Å²) in [6.07, 6.45) is 1.00. The van der Waals surface area contributed by atoms with Crippen molar-refractivity contribution < 1.29 is 4.74 Å². The Morgan fingerprint density at radius 3 is 2.45 bits per heavy atom. The van der Waals surface area contributed by atoms with Crippen LogP contribution in [-0.2, 0) is 0 Å². The molecule has 0 heterocycles. The summed E-state index contributed by atoms with van der Waals surface area (Å²) in [5, 5.41) is 3.52. The van der Waals surface area contributed by atoms with Crippen LogP contribution in [0.1, 0.15) is 24.9 Å². The standard InChI is InChI=1S/C17H20INO/c1-14(15-8-10-16(18)11-9-15)19-12-5-13-20-17-6-3-2-4-7-17/h2-4,6-11,14,19H,5,12-13H2,1H3. The van der Waals surface area contributed by atoms with E-state index >= 15 is 0 Å². The molecule has 0 radical (unpaired) electrons. The summed E-state index contributed by atoms with van der Waals surface area (Å²) in [5.41, 5.74) is 1.33. The van der Waals surface area contributed by atoms with Crippen LogP contribution in [-0.4, -0.2) is 13.2 Å². The van der Waals surface area contributed by atoms with Crippen molar-refractivity contribution in [3.8, 4) is 5.75 Å². The average molecular weight is 381 g/mol. The van der Waals surface area contributed by atoms with Gasteiger partial charge in [0, 0.05) is 9.61 Å². The molecule has 0 aliphatic carbocycles. The van der Waals surface area contributed by atoms with E-state index in [1.54, 1.807) is 0 Å². The van der Waals surface area contributed by atoms with Crippen LogP contribution in [0, 0.1) is 3.57 Å². The van der Waals surface area contributed by atoms with Crippen LogP contribution < -0.4 is 10.1 Å². The Morgan fingerprint density at radius 1 is 1.05 bits per heavy atom. The zero-order valence-electron chi connectivity index (χ0n) is 11.7. The minimum Gasteiger partial charge on any atom is -0.494 e. The van der Waals surface area contributed by atoms with Gasteiger partial charge < -0.3 is 10.1 Å². The summed E-state index contributed by atoms with van der Waals surface area (Å²) in [6, 6.07) is 19.0. The highest BCUT2D eigenvalue weighted by Crippen LogP contribution is 2.14. The summed E-state index contributed by atoms with van der Waals surface area (Å²) in [5.74, 6) is 0.943. The maximum Gasteiger partial charge on any atom is 0.119 e. The van der Waals surface area contributed by atoms with Gasteiger partial charge in [-0.25, -0.2) is 0 Å². The Morgan fingerprint density at radius 2 is 1.75 bits per heavy atom. The number of ether oxygens (including phenoxy) is 1. The maximum absolute atomic E-state index is 5.67. The van der Waals surface area contributed by atoms with Gasteiger partial charge in [-0.1, -0.05) is 30.3 Å². The fourth-order valence-electron chi connectivity index (χ4n) is 1.97. The van der Waals surface area contributed by atoms with Crippen molar-refractivity contribution in [1.29, 1.82) is 0 Å². The largest absolute Gasteiger partial charge is 0.494 e. The van der Waals surface area contributed by atoms with Crippen LogP contribution in [0.15, 0.2) is 54.6 Å². The van der Waals surface area contributed by atoms with Crippen molar-refractivity contribution in [2.75, 3.05) is 13.2 Å².